The lowest BCUT2D eigenvalue weighted by Gasteiger charge is -2.10. The van der Waals surface area contributed by atoms with E-state index in [9.17, 15) is 14.3 Å². The molecule has 0 fully saturated rings. The zero-order valence-electron chi connectivity index (χ0n) is 8.45. The van der Waals surface area contributed by atoms with Crippen LogP contribution in [0.3, 0.4) is 0 Å². The van der Waals surface area contributed by atoms with Crippen molar-refractivity contribution in [2.75, 3.05) is 7.11 Å². The highest BCUT2D eigenvalue weighted by molar-refractivity contribution is 6.02. The van der Waals surface area contributed by atoms with Crippen LogP contribution in [0.15, 0.2) is 12.1 Å². The molecule has 0 aliphatic carbocycles. The summed E-state index contributed by atoms with van der Waals surface area (Å²) in [6, 6.07) is 1.12. The Kier molecular flexibility index (Phi) is 3.26. The normalized spacial score (nSPS) is 12.3. The third-order valence-corrected chi connectivity index (χ3v) is 1.94. The molecule has 4 nitrogen and oxygen atoms in total. The van der Waals surface area contributed by atoms with E-state index in [-0.39, 0.29) is 17.1 Å². The highest BCUT2D eigenvalue weighted by Crippen LogP contribution is 2.31. The Morgan fingerprint density at radius 2 is 2.20 bits per heavy atom. The second kappa shape index (κ2) is 4.27. The fourth-order valence-corrected chi connectivity index (χ4v) is 1.16. The number of phenolic OH excluding ortho intramolecular Hbond substituents is 1. The molecular formula is C10H12FNO3. The number of ketones is 1. The average Bonchev–Trinajstić information content (AvgIpc) is 2.19. The smallest absolute Gasteiger partial charge is 0.183 e. The SMILES string of the molecule is COc1cc(F)cc(C(=O)C(C)N)c1O. The molecule has 3 N–H and O–H groups in total. The quantitative estimate of drug-likeness (QED) is 0.736. The number of halogens is 1. The van der Waals surface area contributed by atoms with Crippen molar-refractivity contribution in [3.63, 3.8) is 0 Å². The number of rotatable bonds is 3. The van der Waals surface area contributed by atoms with Gasteiger partial charge in [-0.3, -0.25) is 4.79 Å². The summed E-state index contributed by atoms with van der Waals surface area (Å²) in [6.45, 7) is 1.46. The lowest BCUT2D eigenvalue weighted by Crippen LogP contribution is -2.26. The van der Waals surface area contributed by atoms with Gasteiger partial charge in [-0.2, -0.15) is 0 Å². The molecular weight excluding hydrogens is 201 g/mol. The summed E-state index contributed by atoms with van der Waals surface area (Å²) < 4.78 is 17.7. The predicted octanol–water partition coefficient (Wildman–Crippen LogP) is 1.07. The number of nitrogens with two attached hydrogens (primary N) is 1. The maximum Gasteiger partial charge on any atom is 0.183 e. The summed E-state index contributed by atoms with van der Waals surface area (Å²) in [5.41, 5.74) is 5.19. The van der Waals surface area contributed by atoms with E-state index in [0.717, 1.165) is 12.1 Å². The monoisotopic (exact) mass is 213 g/mol. The van der Waals surface area contributed by atoms with Crippen LogP contribution in [-0.2, 0) is 0 Å². The average molecular weight is 213 g/mol. The van der Waals surface area contributed by atoms with E-state index in [2.05, 4.69) is 0 Å². The molecule has 1 unspecified atom stereocenters. The van der Waals surface area contributed by atoms with Crippen molar-refractivity contribution in [3.8, 4) is 11.5 Å². The Morgan fingerprint density at radius 3 is 2.67 bits per heavy atom. The van der Waals surface area contributed by atoms with Crippen molar-refractivity contribution in [2.24, 2.45) is 5.73 Å². The minimum absolute atomic E-state index is 0.0843. The largest absolute Gasteiger partial charge is 0.504 e. The summed E-state index contributed by atoms with van der Waals surface area (Å²) in [6.07, 6.45) is 0. The van der Waals surface area contributed by atoms with Gasteiger partial charge < -0.3 is 15.6 Å². The molecule has 5 heteroatoms. The van der Waals surface area contributed by atoms with Crippen molar-refractivity contribution in [1.29, 1.82) is 0 Å². The Balaban J connectivity index is 3.29. The molecule has 0 bridgehead atoms. The molecule has 0 heterocycles. The molecule has 82 valence electrons. The fraction of sp³-hybridized carbons (Fsp3) is 0.300. The standard InChI is InChI=1S/C10H12FNO3/c1-5(12)9(13)7-3-6(11)4-8(15-2)10(7)14/h3-5,14H,12H2,1-2H3. The topological polar surface area (TPSA) is 72.5 Å². The Hall–Kier alpha value is -1.62. The first-order valence-corrected chi connectivity index (χ1v) is 4.33. The lowest BCUT2D eigenvalue weighted by molar-refractivity contribution is 0.0964. The molecule has 15 heavy (non-hydrogen) atoms. The van der Waals surface area contributed by atoms with Gasteiger partial charge in [-0.1, -0.05) is 0 Å². The third kappa shape index (κ3) is 2.24. The van der Waals surface area contributed by atoms with E-state index < -0.39 is 17.6 Å². The molecule has 0 aliphatic rings. The van der Waals surface area contributed by atoms with E-state index in [4.69, 9.17) is 10.5 Å². The molecule has 0 amide bonds. The van der Waals surface area contributed by atoms with E-state index in [0.29, 0.717) is 0 Å². The number of hydrogen-bond acceptors (Lipinski definition) is 4. The van der Waals surface area contributed by atoms with Gasteiger partial charge in [0.25, 0.3) is 0 Å². The molecule has 1 aromatic carbocycles. The maximum atomic E-state index is 13.0. The van der Waals surface area contributed by atoms with Crippen LogP contribution in [0.1, 0.15) is 17.3 Å². The van der Waals surface area contributed by atoms with Crippen molar-refractivity contribution in [2.45, 2.75) is 13.0 Å². The maximum absolute atomic E-state index is 13.0. The minimum Gasteiger partial charge on any atom is -0.504 e. The van der Waals surface area contributed by atoms with Crippen LogP contribution in [0.2, 0.25) is 0 Å². The number of Topliss-reactive ketones (excluding diaryl/α,β-unsaturated/α-hetero) is 1. The first-order chi connectivity index (χ1) is 6.97. The van der Waals surface area contributed by atoms with Crippen LogP contribution in [-0.4, -0.2) is 24.0 Å². The summed E-state index contributed by atoms with van der Waals surface area (Å²) in [5, 5.41) is 9.56. The second-order valence-electron chi connectivity index (χ2n) is 3.16. The molecule has 1 atom stereocenters. The summed E-state index contributed by atoms with van der Waals surface area (Å²) in [7, 11) is 1.27. The first kappa shape index (κ1) is 11.5. The van der Waals surface area contributed by atoms with Gasteiger partial charge in [0.15, 0.2) is 17.3 Å². The number of carbonyl (C=O) groups is 1. The third-order valence-electron chi connectivity index (χ3n) is 1.94. The van der Waals surface area contributed by atoms with Crippen LogP contribution in [0.25, 0.3) is 0 Å². The van der Waals surface area contributed by atoms with Crippen molar-refractivity contribution in [1.82, 2.24) is 0 Å². The Labute approximate surface area is 86.5 Å². The van der Waals surface area contributed by atoms with E-state index in [1.165, 1.54) is 14.0 Å². The number of methoxy groups -OCH3 is 1. The van der Waals surface area contributed by atoms with Crippen LogP contribution >= 0.6 is 0 Å². The van der Waals surface area contributed by atoms with Crippen LogP contribution in [0.4, 0.5) is 4.39 Å². The van der Waals surface area contributed by atoms with E-state index >= 15 is 0 Å². The zero-order valence-corrected chi connectivity index (χ0v) is 8.45. The van der Waals surface area contributed by atoms with Crippen LogP contribution in [0.5, 0.6) is 11.5 Å². The van der Waals surface area contributed by atoms with Crippen molar-refractivity contribution in [3.05, 3.63) is 23.5 Å². The molecule has 0 spiro atoms. The highest BCUT2D eigenvalue weighted by Gasteiger charge is 2.19. The molecule has 0 radical (unpaired) electrons. The first-order valence-electron chi connectivity index (χ1n) is 4.33. The Bertz CT molecular complexity index is 390. The summed E-state index contributed by atoms with van der Waals surface area (Å²) >= 11 is 0. The zero-order chi connectivity index (χ0) is 11.6. The fourth-order valence-electron chi connectivity index (χ4n) is 1.16. The van der Waals surface area contributed by atoms with Gasteiger partial charge in [0.2, 0.25) is 0 Å². The Morgan fingerprint density at radius 1 is 1.60 bits per heavy atom. The molecule has 1 aromatic rings. The van der Waals surface area contributed by atoms with Gasteiger partial charge in [-0.05, 0) is 13.0 Å². The van der Waals surface area contributed by atoms with Gasteiger partial charge >= 0.3 is 0 Å². The second-order valence-corrected chi connectivity index (χ2v) is 3.16. The predicted molar refractivity (Wildman–Crippen MR) is 52.6 cm³/mol. The molecule has 0 saturated heterocycles. The molecule has 0 saturated carbocycles. The highest BCUT2D eigenvalue weighted by atomic mass is 19.1. The van der Waals surface area contributed by atoms with Crippen molar-refractivity contribution >= 4 is 5.78 Å². The van der Waals surface area contributed by atoms with E-state index in [1.54, 1.807) is 0 Å². The number of carbonyl (C=O) groups excluding carboxylic acids is 1. The van der Waals surface area contributed by atoms with Crippen LogP contribution < -0.4 is 10.5 Å². The summed E-state index contributed by atoms with van der Waals surface area (Å²) in [4.78, 5) is 11.5. The number of hydrogen-bond donors (Lipinski definition) is 2. The lowest BCUT2D eigenvalue weighted by atomic mass is 10.0. The van der Waals surface area contributed by atoms with Gasteiger partial charge in [-0.25, -0.2) is 4.39 Å². The van der Waals surface area contributed by atoms with E-state index in [1.807, 2.05) is 0 Å². The molecule has 0 aromatic heterocycles. The number of phenols is 1. The number of benzene rings is 1. The van der Waals surface area contributed by atoms with Crippen molar-refractivity contribution < 1.29 is 19.0 Å². The molecule has 0 aliphatic heterocycles. The van der Waals surface area contributed by atoms with Gasteiger partial charge in [-0.15, -0.1) is 0 Å². The van der Waals surface area contributed by atoms with Crippen LogP contribution in [0, 0.1) is 5.82 Å². The van der Waals surface area contributed by atoms with Gasteiger partial charge in [0, 0.05) is 6.07 Å². The van der Waals surface area contributed by atoms with Gasteiger partial charge in [0.1, 0.15) is 5.82 Å². The summed E-state index contributed by atoms with van der Waals surface area (Å²) in [5.74, 6) is -1.67. The minimum atomic E-state index is -0.803. The number of ether oxygens (including phenoxy) is 1. The van der Waals surface area contributed by atoms with Gasteiger partial charge in [0.05, 0.1) is 18.7 Å². The number of aromatic hydroxyl groups is 1. The molecule has 1 rings (SSSR count).